The smallest absolute Gasteiger partial charge is 0.321 e. The highest BCUT2D eigenvalue weighted by atomic mass is 35.5. The Morgan fingerprint density at radius 3 is 2.50 bits per heavy atom. The first-order valence-corrected chi connectivity index (χ1v) is 8.68. The molecule has 2 rings (SSSR count). The van der Waals surface area contributed by atoms with Crippen molar-refractivity contribution in [3.8, 4) is 0 Å². The van der Waals surface area contributed by atoms with Gasteiger partial charge in [0.05, 0.1) is 6.42 Å². The second-order valence-electron chi connectivity index (χ2n) is 5.77. The maximum Gasteiger partial charge on any atom is 0.321 e. The van der Waals surface area contributed by atoms with Crippen LogP contribution in [0.3, 0.4) is 0 Å². The van der Waals surface area contributed by atoms with Crippen molar-refractivity contribution in [2.45, 2.75) is 19.0 Å². The number of benzene rings is 2. The lowest BCUT2D eigenvalue weighted by Crippen LogP contribution is -2.42. The predicted octanol–water partition coefficient (Wildman–Crippen LogP) is 2.50. The van der Waals surface area contributed by atoms with Crippen molar-refractivity contribution in [1.82, 2.24) is 10.6 Å². The topological polar surface area (TPSA) is 90.5 Å². The monoisotopic (exact) mass is 375 g/mol. The van der Waals surface area contributed by atoms with Crippen molar-refractivity contribution in [2.24, 2.45) is 0 Å². The SMILES string of the molecule is O=C(CC(NCCNCc1ccccc1)C(=O)O)Nc1cccc(Cl)c1. The third-order valence-corrected chi connectivity index (χ3v) is 3.90. The van der Waals surface area contributed by atoms with Crippen LogP contribution in [-0.2, 0) is 16.1 Å². The summed E-state index contributed by atoms with van der Waals surface area (Å²) in [4.78, 5) is 23.4. The molecule has 0 heterocycles. The van der Waals surface area contributed by atoms with Crippen molar-refractivity contribution in [1.29, 1.82) is 0 Å². The molecule has 4 N–H and O–H groups in total. The molecule has 1 atom stereocenters. The van der Waals surface area contributed by atoms with Gasteiger partial charge >= 0.3 is 5.97 Å². The van der Waals surface area contributed by atoms with Gasteiger partial charge in [-0.1, -0.05) is 48.0 Å². The molecule has 0 spiro atoms. The van der Waals surface area contributed by atoms with Gasteiger partial charge in [0, 0.05) is 30.3 Å². The van der Waals surface area contributed by atoms with Crippen LogP contribution >= 0.6 is 11.6 Å². The molecule has 0 aliphatic rings. The minimum absolute atomic E-state index is 0.166. The second-order valence-corrected chi connectivity index (χ2v) is 6.21. The van der Waals surface area contributed by atoms with Crippen molar-refractivity contribution >= 4 is 29.2 Å². The van der Waals surface area contributed by atoms with E-state index >= 15 is 0 Å². The first-order chi connectivity index (χ1) is 12.5. The number of carbonyl (C=O) groups is 2. The average Bonchev–Trinajstić information content (AvgIpc) is 2.61. The lowest BCUT2D eigenvalue weighted by atomic mass is 10.2. The molecule has 138 valence electrons. The molecule has 1 amide bonds. The Morgan fingerprint density at radius 1 is 1.04 bits per heavy atom. The number of anilines is 1. The van der Waals surface area contributed by atoms with Crippen LogP contribution in [0.2, 0.25) is 5.02 Å². The van der Waals surface area contributed by atoms with Crippen LogP contribution < -0.4 is 16.0 Å². The third kappa shape index (κ3) is 7.23. The molecule has 6 nitrogen and oxygen atoms in total. The Labute approximate surface area is 157 Å². The summed E-state index contributed by atoms with van der Waals surface area (Å²) < 4.78 is 0. The molecule has 0 saturated heterocycles. The highest BCUT2D eigenvalue weighted by Gasteiger charge is 2.20. The van der Waals surface area contributed by atoms with Crippen molar-refractivity contribution in [3.63, 3.8) is 0 Å². The van der Waals surface area contributed by atoms with Crippen LogP contribution in [0, 0.1) is 0 Å². The maximum atomic E-state index is 12.0. The predicted molar refractivity (Wildman–Crippen MR) is 102 cm³/mol. The fourth-order valence-electron chi connectivity index (χ4n) is 2.37. The molecular formula is C19H22ClN3O3. The Hall–Kier alpha value is -2.41. The van der Waals surface area contributed by atoms with E-state index in [0.29, 0.717) is 30.3 Å². The van der Waals surface area contributed by atoms with Gasteiger partial charge in [-0.25, -0.2) is 0 Å². The third-order valence-electron chi connectivity index (χ3n) is 3.66. The number of carboxylic acids is 1. The van der Waals surface area contributed by atoms with E-state index in [-0.39, 0.29) is 12.3 Å². The molecule has 7 heteroatoms. The highest BCUT2D eigenvalue weighted by molar-refractivity contribution is 6.30. The number of nitrogens with one attached hydrogen (secondary N) is 3. The van der Waals surface area contributed by atoms with E-state index in [1.165, 1.54) is 0 Å². The Kier molecular flexibility index (Phi) is 8.08. The van der Waals surface area contributed by atoms with Gasteiger partial charge in [-0.15, -0.1) is 0 Å². The number of halogens is 1. The van der Waals surface area contributed by atoms with Gasteiger partial charge in [-0.2, -0.15) is 0 Å². The molecule has 1 unspecified atom stereocenters. The van der Waals surface area contributed by atoms with Gasteiger partial charge in [0.25, 0.3) is 0 Å². The molecule has 0 bridgehead atoms. The zero-order chi connectivity index (χ0) is 18.8. The minimum atomic E-state index is -1.06. The molecule has 0 saturated carbocycles. The zero-order valence-electron chi connectivity index (χ0n) is 14.2. The quantitative estimate of drug-likeness (QED) is 0.479. The summed E-state index contributed by atoms with van der Waals surface area (Å²) in [6, 6.07) is 15.7. The fraction of sp³-hybridized carbons (Fsp3) is 0.263. The number of hydrogen-bond donors (Lipinski definition) is 4. The normalized spacial score (nSPS) is 11.7. The summed E-state index contributed by atoms with van der Waals surface area (Å²) in [5.41, 5.74) is 1.69. The molecule has 26 heavy (non-hydrogen) atoms. The van der Waals surface area contributed by atoms with Crippen LogP contribution in [0.4, 0.5) is 5.69 Å². The lowest BCUT2D eigenvalue weighted by Gasteiger charge is -2.15. The number of carbonyl (C=O) groups excluding carboxylic acids is 1. The van der Waals surface area contributed by atoms with Crippen LogP contribution in [0.15, 0.2) is 54.6 Å². The van der Waals surface area contributed by atoms with E-state index in [2.05, 4.69) is 16.0 Å². The van der Waals surface area contributed by atoms with Gasteiger partial charge in [-0.05, 0) is 23.8 Å². The molecule has 2 aromatic carbocycles. The number of rotatable bonds is 10. The van der Waals surface area contributed by atoms with Crippen LogP contribution in [-0.4, -0.2) is 36.1 Å². The fourth-order valence-corrected chi connectivity index (χ4v) is 2.56. The van der Waals surface area contributed by atoms with Crippen LogP contribution in [0.5, 0.6) is 0 Å². The van der Waals surface area contributed by atoms with Gasteiger partial charge in [0.15, 0.2) is 0 Å². The second kappa shape index (κ2) is 10.6. The summed E-state index contributed by atoms with van der Waals surface area (Å²) in [5, 5.41) is 18.5. The van der Waals surface area contributed by atoms with E-state index in [4.69, 9.17) is 11.6 Å². The largest absolute Gasteiger partial charge is 0.480 e. The molecule has 0 radical (unpaired) electrons. The van der Waals surface area contributed by atoms with Gasteiger partial charge in [-0.3, -0.25) is 9.59 Å². The average molecular weight is 376 g/mol. The summed E-state index contributed by atoms with van der Waals surface area (Å²) in [6.07, 6.45) is -0.166. The number of aliphatic carboxylic acids is 1. The van der Waals surface area contributed by atoms with E-state index < -0.39 is 12.0 Å². The summed E-state index contributed by atoms with van der Waals surface area (Å²) in [5.74, 6) is -1.45. The number of hydrogen-bond acceptors (Lipinski definition) is 4. The van der Waals surface area contributed by atoms with Crippen molar-refractivity contribution in [2.75, 3.05) is 18.4 Å². The highest BCUT2D eigenvalue weighted by Crippen LogP contribution is 2.15. The van der Waals surface area contributed by atoms with Gasteiger partial charge in [0.1, 0.15) is 6.04 Å². The lowest BCUT2D eigenvalue weighted by molar-refractivity contribution is -0.141. The Bertz CT molecular complexity index is 725. The van der Waals surface area contributed by atoms with Crippen molar-refractivity contribution < 1.29 is 14.7 Å². The maximum absolute atomic E-state index is 12.0. The zero-order valence-corrected chi connectivity index (χ0v) is 15.0. The number of carboxylic acid groups (broad SMARTS) is 1. The molecule has 0 aromatic heterocycles. The van der Waals surface area contributed by atoms with Crippen LogP contribution in [0.1, 0.15) is 12.0 Å². The Morgan fingerprint density at radius 2 is 1.81 bits per heavy atom. The van der Waals surface area contributed by atoms with E-state index in [9.17, 15) is 14.7 Å². The molecule has 2 aromatic rings. The number of amides is 1. The standard InChI is InChI=1S/C19H22ClN3O3/c20-15-7-4-8-16(11-15)23-18(24)12-17(19(25)26)22-10-9-21-13-14-5-2-1-3-6-14/h1-8,11,17,21-22H,9-10,12-13H2,(H,23,24)(H,25,26). The molecular weight excluding hydrogens is 354 g/mol. The van der Waals surface area contributed by atoms with E-state index in [1.807, 2.05) is 30.3 Å². The summed E-state index contributed by atoms with van der Waals surface area (Å²) in [6.45, 7) is 1.73. The van der Waals surface area contributed by atoms with E-state index in [0.717, 1.165) is 5.56 Å². The van der Waals surface area contributed by atoms with Crippen LogP contribution in [0.25, 0.3) is 0 Å². The van der Waals surface area contributed by atoms with E-state index in [1.54, 1.807) is 24.3 Å². The summed E-state index contributed by atoms with van der Waals surface area (Å²) >= 11 is 5.86. The van der Waals surface area contributed by atoms with Gasteiger partial charge in [0.2, 0.25) is 5.91 Å². The molecule has 0 fully saturated rings. The first kappa shape index (κ1) is 19.9. The minimum Gasteiger partial charge on any atom is -0.480 e. The summed E-state index contributed by atoms with van der Waals surface area (Å²) in [7, 11) is 0. The Balaban J connectivity index is 1.72. The van der Waals surface area contributed by atoms with Crippen molar-refractivity contribution in [3.05, 3.63) is 65.2 Å². The van der Waals surface area contributed by atoms with Gasteiger partial charge < -0.3 is 21.1 Å². The molecule has 0 aliphatic carbocycles. The molecule has 0 aliphatic heterocycles. The first-order valence-electron chi connectivity index (χ1n) is 8.31.